The van der Waals surface area contributed by atoms with E-state index in [-0.39, 0.29) is 5.78 Å². The van der Waals surface area contributed by atoms with Crippen molar-refractivity contribution in [2.45, 2.75) is 11.4 Å². The molecule has 0 fully saturated rings. The van der Waals surface area contributed by atoms with Gasteiger partial charge in [0.15, 0.2) is 0 Å². The molecule has 1 aromatic heterocycles. The van der Waals surface area contributed by atoms with Crippen molar-refractivity contribution in [1.29, 1.82) is 0 Å². The Morgan fingerprint density at radius 2 is 2.00 bits per heavy atom. The van der Waals surface area contributed by atoms with Gasteiger partial charge in [0.1, 0.15) is 5.69 Å². The lowest BCUT2D eigenvalue weighted by molar-refractivity contribution is 0.102. The zero-order chi connectivity index (χ0) is 15.4. The van der Waals surface area contributed by atoms with Gasteiger partial charge in [0.05, 0.1) is 17.8 Å². The van der Waals surface area contributed by atoms with E-state index in [0.717, 1.165) is 11.4 Å². The fourth-order valence-electron chi connectivity index (χ4n) is 1.93. The van der Waals surface area contributed by atoms with Crippen LogP contribution in [-0.2, 0) is 6.54 Å². The van der Waals surface area contributed by atoms with Crippen LogP contribution in [0.15, 0.2) is 35.4 Å². The molecule has 0 unspecified atom stereocenters. The second-order valence-corrected chi connectivity index (χ2v) is 6.21. The Balaban J connectivity index is 2.27. The van der Waals surface area contributed by atoms with Gasteiger partial charge < -0.3 is 4.90 Å². The molecule has 0 N–H and O–H groups in total. The van der Waals surface area contributed by atoms with Gasteiger partial charge in [-0.15, -0.1) is 11.8 Å². The lowest BCUT2D eigenvalue weighted by Crippen LogP contribution is -2.21. The van der Waals surface area contributed by atoms with Crippen molar-refractivity contribution in [3.63, 3.8) is 0 Å². The minimum absolute atomic E-state index is 0.0936. The van der Waals surface area contributed by atoms with E-state index in [0.29, 0.717) is 22.8 Å². The highest BCUT2D eigenvalue weighted by Crippen LogP contribution is 2.21. The first-order chi connectivity index (χ1) is 10.0. The van der Waals surface area contributed by atoms with E-state index >= 15 is 0 Å². The lowest BCUT2D eigenvalue weighted by atomic mass is 10.1. The van der Waals surface area contributed by atoms with Crippen molar-refractivity contribution in [2.24, 2.45) is 0 Å². The molecule has 0 atom stereocenters. The molecule has 0 bridgehead atoms. The zero-order valence-electron chi connectivity index (χ0n) is 12.3. The van der Waals surface area contributed by atoms with E-state index < -0.39 is 0 Å². The number of rotatable bonds is 6. The molecule has 0 saturated carbocycles. The molecule has 0 radical (unpaired) electrons. The van der Waals surface area contributed by atoms with Crippen LogP contribution >= 0.6 is 23.4 Å². The molecule has 0 amide bonds. The fourth-order valence-corrected chi connectivity index (χ4v) is 2.57. The lowest BCUT2D eigenvalue weighted by Gasteiger charge is -2.11. The number of likely N-dealkylation sites (N-methyl/N-ethyl adjacent to an activating group) is 1. The average molecular weight is 324 g/mol. The van der Waals surface area contributed by atoms with Crippen molar-refractivity contribution >= 4 is 29.1 Å². The maximum atomic E-state index is 12.6. The number of carbonyl (C=O) groups is 1. The number of thioether (sulfide) groups is 1. The van der Waals surface area contributed by atoms with Crippen LogP contribution in [0.25, 0.3) is 0 Å². The van der Waals surface area contributed by atoms with Gasteiger partial charge in [0.25, 0.3) is 0 Å². The quantitative estimate of drug-likeness (QED) is 0.605. The molecule has 2 rings (SSSR count). The summed E-state index contributed by atoms with van der Waals surface area (Å²) in [7, 11) is 3.96. The summed E-state index contributed by atoms with van der Waals surface area (Å²) in [6.07, 6.45) is 3.53. The Bertz CT molecular complexity index is 622. The second kappa shape index (κ2) is 7.11. The monoisotopic (exact) mass is 323 g/mol. The van der Waals surface area contributed by atoms with E-state index in [4.69, 9.17) is 11.6 Å². The summed E-state index contributed by atoms with van der Waals surface area (Å²) >= 11 is 7.79. The maximum absolute atomic E-state index is 12.6. The van der Waals surface area contributed by atoms with Gasteiger partial charge in [-0.05, 0) is 44.6 Å². The number of ketones is 1. The average Bonchev–Trinajstić information content (AvgIpc) is 2.85. The highest BCUT2D eigenvalue weighted by atomic mass is 35.5. The van der Waals surface area contributed by atoms with Crippen molar-refractivity contribution in [1.82, 2.24) is 14.7 Å². The van der Waals surface area contributed by atoms with Crippen molar-refractivity contribution in [3.8, 4) is 0 Å². The normalized spacial score (nSPS) is 11.1. The van der Waals surface area contributed by atoms with Gasteiger partial charge in [0, 0.05) is 17.0 Å². The predicted octanol–water partition coefficient (Wildman–Crippen LogP) is 3.05. The molecule has 0 aliphatic heterocycles. The second-order valence-electron chi connectivity index (χ2n) is 4.93. The SMILES string of the molecule is CSc1ccc(C(=O)c2c(Cl)cnn2CCN(C)C)cc1. The van der Waals surface area contributed by atoms with Crippen LogP contribution in [-0.4, -0.2) is 47.4 Å². The van der Waals surface area contributed by atoms with Crippen LogP contribution in [0.5, 0.6) is 0 Å². The molecule has 0 aliphatic carbocycles. The standard InChI is InChI=1S/C15H18ClN3OS/c1-18(2)8-9-19-14(13(16)10-17-19)15(20)11-4-6-12(21-3)7-5-11/h4-7,10H,8-9H2,1-3H3. The summed E-state index contributed by atoms with van der Waals surface area (Å²) in [6, 6.07) is 7.53. The van der Waals surface area contributed by atoms with Gasteiger partial charge in [-0.2, -0.15) is 5.10 Å². The first-order valence-electron chi connectivity index (χ1n) is 6.57. The van der Waals surface area contributed by atoms with Gasteiger partial charge in [-0.3, -0.25) is 9.48 Å². The summed E-state index contributed by atoms with van der Waals surface area (Å²) in [5.41, 5.74) is 1.08. The molecule has 1 aromatic carbocycles. The van der Waals surface area contributed by atoms with Gasteiger partial charge >= 0.3 is 0 Å². The summed E-state index contributed by atoms with van der Waals surface area (Å²) in [6.45, 7) is 1.42. The minimum atomic E-state index is -0.0936. The number of benzene rings is 1. The van der Waals surface area contributed by atoms with E-state index in [1.807, 2.05) is 49.5 Å². The topological polar surface area (TPSA) is 38.1 Å². The smallest absolute Gasteiger partial charge is 0.212 e. The third-order valence-corrected chi connectivity index (χ3v) is 4.14. The molecular weight excluding hydrogens is 306 g/mol. The molecule has 1 heterocycles. The molecule has 6 heteroatoms. The molecular formula is C15H18ClN3OS. The number of halogens is 1. The van der Waals surface area contributed by atoms with Crippen LogP contribution in [0.2, 0.25) is 5.02 Å². The van der Waals surface area contributed by atoms with Crippen LogP contribution in [0, 0.1) is 0 Å². The van der Waals surface area contributed by atoms with E-state index in [2.05, 4.69) is 5.10 Å². The van der Waals surface area contributed by atoms with Gasteiger partial charge in [-0.1, -0.05) is 11.6 Å². The highest BCUT2D eigenvalue weighted by molar-refractivity contribution is 7.98. The first-order valence-corrected chi connectivity index (χ1v) is 8.18. The van der Waals surface area contributed by atoms with E-state index in [1.165, 1.54) is 6.20 Å². The van der Waals surface area contributed by atoms with Crippen molar-refractivity contribution in [2.75, 3.05) is 26.9 Å². The van der Waals surface area contributed by atoms with Crippen LogP contribution < -0.4 is 0 Å². The Labute approximate surface area is 134 Å². The Kier molecular flexibility index (Phi) is 5.45. The molecule has 0 aliphatic rings. The van der Waals surface area contributed by atoms with E-state index in [1.54, 1.807) is 16.4 Å². The molecule has 0 saturated heterocycles. The number of carbonyl (C=O) groups excluding carboxylic acids is 1. The highest BCUT2D eigenvalue weighted by Gasteiger charge is 2.19. The van der Waals surface area contributed by atoms with Gasteiger partial charge in [0.2, 0.25) is 5.78 Å². The summed E-state index contributed by atoms with van der Waals surface area (Å²) in [5.74, 6) is -0.0936. The Hall–Kier alpha value is -1.30. The maximum Gasteiger partial charge on any atom is 0.212 e. The number of nitrogens with zero attached hydrogens (tertiary/aromatic N) is 3. The van der Waals surface area contributed by atoms with Gasteiger partial charge in [-0.25, -0.2) is 0 Å². The first kappa shape index (κ1) is 16.1. The summed E-state index contributed by atoms with van der Waals surface area (Å²) < 4.78 is 1.67. The number of hydrogen-bond acceptors (Lipinski definition) is 4. The van der Waals surface area contributed by atoms with Crippen molar-refractivity contribution in [3.05, 3.63) is 46.7 Å². The third-order valence-electron chi connectivity index (χ3n) is 3.12. The predicted molar refractivity (Wildman–Crippen MR) is 87.4 cm³/mol. The van der Waals surface area contributed by atoms with Crippen LogP contribution in [0.3, 0.4) is 0 Å². The van der Waals surface area contributed by atoms with Crippen molar-refractivity contribution < 1.29 is 4.79 Å². The van der Waals surface area contributed by atoms with Crippen LogP contribution in [0.1, 0.15) is 16.1 Å². The Morgan fingerprint density at radius 3 is 2.57 bits per heavy atom. The minimum Gasteiger partial charge on any atom is -0.308 e. The van der Waals surface area contributed by atoms with Crippen LogP contribution in [0.4, 0.5) is 0 Å². The zero-order valence-corrected chi connectivity index (χ0v) is 13.9. The molecule has 112 valence electrons. The molecule has 4 nitrogen and oxygen atoms in total. The number of aromatic nitrogens is 2. The summed E-state index contributed by atoms with van der Waals surface area (Å²) in [5, 5.41) is 4.60. The largest absolute Gasteiger partial charge is 0.308 e. The molecule has 2 aromatic rings. The van der Waals surface area contributed by atoms with E-state index in [9.17, 15) is 4.79 Å². The molecule has 21 heavy (non-hydrogen) atoms. The fraction of sp³-hybridized carbons (Fsp3) is 0.333. The molecule has 0 spiro atoms. The Morgan fingerprint density at radius 1 is 1.33 bits per heavy atom. The third kappa shape index (κ3) is 3.87. The summed E-state index contributed by atoms with van der Waals surface area (Å²) in [4.78, 5) is 15.8. The number of hydrogen-bond donors (Lipinski definition) is 0.